The van der Waals surface area contributed by atoms with Crippen molar-refractivity contribution in [1.29, 1.82) is 0 Å². The molecule has 0 aliphatic rings. The molecule has 0 aliphatic carbocycles. The molecular formula is C17H13BrFNS. The third kappa shape index (κ3) is 3.22. The summed E-state index contributed by atoms with van der Waals surface area (Å²) in [5.74, 6) is -0.171. The first-order valence-electron chi connectivity index (χ1n) is 6.59. The molecule has 0 atom stereocenters. The molecule has 3 rings (SSSR count). The van der Waals surface area contributed by atoms with Crippen molar-refractivity contribution in [3.05, 3.63) is 74.3 Å². The molecule has 21 heavy (non-hydrogen) atoms. The van der Waals surface area contributed by atoms with Gasteiger partial charge in [-0.2, -0.15) is 0 Å². The fraction of sp³-hybridized carbons (Fsp3) is 0.118. The summed E-state index contributed by atoms with van der Waals surface area (Å²) in [5.41, 5.74) is 2.76. The van der Waals surface area contributed by atoms with Crippen LogP contribution >= 0.6 is 27.3 Å². The van der Waals surface area contributed by atoms with Crippen LogP contribution < -0.4 is 0 Å². The summed E-state index contributed by atoms with van der Waals surface area (Å²) in [6.07, 6.45) is 0.536. The van der Waals surface area contributed by atoms with Gasteiger partial charge in [0.05, 0.1) is 10.7 Å². The van der Waals surface area contributed by atoms with Crippen molar-refractivity contribution in [2.75, 3.05) is 0 Å². The van der Waals surface area contributed by atoms with Crippen LogP contribution in [0, 0.1) is 12.7 Å². The van der Waals surface area contributed by atoms with Crippen molar-refractivity contribution < 1.29 is 4.39 Å². The molecule has 4 heteroatoms. The van der Waals surface area contributed by atoms with Crippen LogP contribution in [0.5, 0.6) is 0 Å². The Balaban J connectivity index is 1.91. The molecule has 0 saturated heterocycles. The van der Waals surface area contributed by atoms with Gasteiger partial charge < -0.3 is 0 Å². The van der Waals surface area contributed by atoms with Crippen LogP contribution in [0.25, 0.3) is 11.3 Å². The van der Waals surface area contributed by atoms with Gasteiger partial charge in [-0.25, -0.2) is 9.37 Å². The van der Waals surface area contributed by atoms with Crippen LogP contribution in [0.15, 0.2) is 53.0 Å². The first-order valence-corrected chi connectivity index (χ1v) is 8.20. The Hall–Kier alpha value is -1.52. The van der Waals surface area contributed by atoms with Gasteiger partial charge in [0.2, 0.25) is 0 Å². The summed E-state index contributed by atoms with van der Waals surface area (Å²) < 4.78 is 14.8. The van der Waals surface area contributed by atoms with E-state index in [9.17, 15) is 4.39 Å². The van der Waals surface area contributed by atoms with Crippen molar-refractivity contribution in [1.82, 2.24) is 4.98 Å². The lowest BCUT2D eigenvalue weighted by Gasteiger charge is -2.00. The van der Waals surface area contributed by atoms with Crippen molar-refractivity contribution in [3.8, 4) is 11.3 Å². The number of aromatic nitrogens is 1. The van der Waals surface area contributed by atoms with E-state index in [1.807, 2.05) is 36.4 Å². The molecule has 0 saturated carbocycles. The summed E-state index contributed by atoms with van der Waals surface area (Å²) in [5, 5.41) is 0.940. The molecule has 0 unspecified atom stereocenters. The van der Waals surface area contributed by atoms with Gasteiger partial charge in [0.25, 0.3) is 0 Å². The fourth-order valence-corrected chi connectivity index (χ4v) is 3.45. The number of thiazole rings is 1. The van der Waals surface area contributed by atoms with E-state index >= 15 is 0 Å². The molecular weight excluding hydrogens is 349 g/mol. The highest BCUT2D eigenvalue weighted by atomic mass is 79.9. The standard InChI is InChI=1S/C17H13BrFNS/c1-11-17(12-6-8-14(18)9-7-12)20-16(21-11)10-13-4-2-3-5-15(13)19/h2-9H,10H2,1H3. The monoisotopic (exact) mass is 361 g/mol. The molecule has 1 heterocycles. The average Bonchev–Trinajstić information content (AvgIpc) is 2.83. The Morgan fingerprint density at radius 3 is 2.52 bits per heavy atom. The third-order valence-electron chi connectivity index (χ3n) is 3.26. The lowest BCUT2D eigenvalue weighted by molar-refractivity contribution is 0.614. The predicted molar refractivity (Wildman–Crippen MR) is 89.2 cm³/mol. The Bertz CT molecular complexity index is 765. The summed E-state index contributed by atoms with van der Waals surface area (Å²) in [6, 6.07) is 15.0. The number of hydrogen-bond acceptors (Lipinski definition) is 2. The summed E-state index contributed by atoms with van der Waals surface area (Å²) >= 11 is 5.06. The van der Waals surface area contributed by atoms with E-state index in [2.05, 4.69) is 27.8 Å². The number of aryl methyl sites for hydroxylation is 1. The van der Waals surface area contributed by atoms with Crippen LogP contribution in [0.1, 0.15) is 15.4 Å². The lowest BCUT2D eigenvalue weighted by Crippen LogP contribution is -1.91. The second-order valence-corrected chi connectivity index (χ2v) is 6.99. The van der Waals surface area contributed by atoms with E-state index in [4.69, 9.17) is 0 Å². The topological polar surface area (TPSA) is 12.9 Å². The van der Waals surface area contributed by atoms with Gasteiger partial charge in [-0.3, -0.25) is 0 Å². The summed E-state index contributed by atoms with van der Waals surface area (Å²) in [6.45, 7) is 2.06. The molecule has 0 N–H and O–H groups in total. The molecule has 3 aromatic rings. The van der Waals surface area contributed by atoms with Crippen LogP contribution in [0.3, 0.4) is 0 Å². The molecule has 0 radical (unpaired) electrons. The van der Waals surface area contributed by atoms with Crippen molar-refractivity contribution in [2.24, 2.45) is 0 Å². The van der Waals surface area contributed by atoms with Crippen molar-refractivity contribution in [3.63, 3.8) is 0 Å². The largest absolute Gasteiger partial charge is 0.241 e. The zero-order valence-electron chi connectivity index (χ0n) is 11.4. The zero-order chi connectivity index (χ0) is 14.8. The number of rotatable bonds is 3. The Morgan fingerprint density at radius 1 is 1.10 bits per heavy atom. The Labute approximate surface area is 135 Å². The summed E-state index contributed by atoms with van der Waals surface area (Å²) in [7, 11) is 0. The van der Waals surface area contributed by atoms with E-state index in [1.54, 1.807) is 17.4 Å². The van der Waals surface area contributed by atoms with Crippen LogP contribution in [0.4, 0.5) is 4.39 Å². The van der Waals surface area contributed by atoms with Crippen LogP contribution in [-0.2, 0) is 6.42 Å². The number of halogens is 2. The highest BCUT2D eigenvalue weighted by molar-refractivity contribution is 9.10. The fourth-order valence-electron chi connectivity index (χ4n) is 2.21. The highest BCUT2D eigenvalue weighted by Gasteiger charge is 2.11. The Kier molecular flexibility index (Phi) is 4.17. The van der Waals surface area contributed by atoms with E-state index < -0.39 is 0 Å². The molecule has 1 aromatic heterocycles. The minimum atomic E-state index is -0.171. The third-order valence-corrected chi connectivity index (χ3v) is 4.76. The zero-order valence-corrected chi connectivity index (χ0v) is 13.8. The number of benzene rings is 2. The van der Waals surface area contributed by atoms with Gasteiger partial charge in [-0.1, -0.05) is 46.3 Å². The average molecular weight is 362 g/mol. The van der Waals surface area contributed by atoms with E-state index in [-0.39, 0.29) is 5.82 Å². The molecule has 0 bridgehead atoms. The molecule has 106 valence electrons. The minimum absolute atomic E-state index is 0.171. The van der Waals surface area contributed by atoms with Crippen LogP contribution in [0.2, 0.25) is 0 Å². The molecule has 2 aromatic carbocycles. The maximum atomic E-state index is 13.7. The van der Waals surface area contributed by atoms with Crippen LogP contribution in [-0.4, -0.2) is 4.98 Å². The predicted octanol–water partition coefficient (Wildman–Crippen LogP) is 5.61. The molecule has 0 amide bonds. The maximum absolute atomic E-state index is 13.7. The second-order valence-electron chi connectivity index (χ2n) is 4.79. The highest BCUT2D eigenvalue weighted by Crippen LogP contribution is 2.29. The smallest absolute Gasteiger partial charge is 0.126 e. The summed E-state index contributed by atoms with van der Waals surface area (Å²) in [4.78, 5) is 5.84. The van der Waals surface area contributed by atoms with E-state index in [0.717, 1.165) is 25.6 Å². The van der Waals surface area contributed by atoms with Crippen molar-refractivity contribution >= 4 is 27.3 Å². The number of nitrogens with zero attached hydrogens (tertiary/aromatic N) is 1. The molecule has 1 nitrogen and oxygen atoms in total. The normalized spacial score (nSPS) is 10.8. The van der Waals surface area contributed by atoms with Gasteiger partial charge in [-0.05, 0) is 30.7 Å². The second kappa shape index (κ2) is 6.08. The van der Waals surface area contributed by atoms with Gasteiger partial charge in [0, 0.05) is 21.3 Å². The van der Waals surface area contributed by atoms with Gasteiger partial charge in [0.15, 0.2) is 0 Å². The van der Waals surface area contributed by atoms with E-state index in [0.29, 0.717) is 12.0 Å². The first-order chi connectivity index (χ1) is 10.1. The lowest BCUT2D eigenvalue weighted by atomic mass is 10.1. The Morgan fingerprint density at radius 2 is 1.81 bits per heavy atom. The molecule has 0 aliphatic heterocycles. The van der Waals surface area contributed by atoms with Crippen molar-refractivity contribution in [2.45, 2.75) is 13.3 Å². The minimum Gasteiger partial charge on any atom is -0.241 e. The maximum Gasteiger partial charge on any atom is 0.126 e. The number of hydrogen-bond donors (Lipinski definition) is 0. The van der Waals surface area contributed by atoms with Gasteiger partial charge >= 0.3 is 0 Å². The molecule has 0 spiro atoms. The quantitative estimate of drug-likeness (QED) is 0.590. The van der Waals surface area contributed by atoms with Gasteiger partial charge in [0.1, 0.15) is 5.82 Å². The first kappa shape index (κ1) is 14.4. The van der Waals surface area contributed by atoms with E-state index in [1.165, 1.54) is 6.07 Å². The van der Waals surface area contributed by atoms with Gasteiger partial charge in [-0.15, -0.1) is 11.3 Å². The molecule has 0 fully saturated rings. The SMILES string of the molecule is Cc1sc(Cc2ccccc2F)nc1-c1ccc(Br)cc1.